The van der Waals surface area contributed by atoms with E-state index in [1.807, 2.05) is 0 Å². The fourth-order valence-electron chi connectivity index (χ4n) is 1.34. The largest absolute Gasteiger partial charge is 0.493 e. The van der Waals surface area contributed by atoms with E-state index in [1.54, 1.807) is 6.07 Å². The molecule has 0 aliphatic carbocycles. The van der Waals surface area contributed by atoms with Crippen molar-refractivity contribution < 1.29 is 9.13 Å². The van der Waals surface area contributed by atoms with Gasteiger partial charge in [0, 0.05) is 12.0 Å². The monoisotopic (exact) mass is 276 g/mol. The third-order valence-corrected chi connectivity index (χ3v) is 3.53. The van der Waals surface area contributed by atoms with Crippen LogP contribution in [-0.4, -0.2) is 12.4 Å². The zero-order valence-electron chi connectivity index (χ0n) is 10.3. The lowest BCUT2D eigenvalue weighted by molar-refractivity contribution is 0.165. The van der Waals surface area contributed by atoms with Gasteiger partial charge in [-0.1, -0.05) is 32.4 Å². The molecule has 1 aromatic rings. The van der Waals surface area contributed by atoms with Gasteiger partial charge in [0.25, 0.3) is 0 Å². The molecule has 0 radical (unpaired) electrons. The summed E-state index contributed by atoms with van der Waals surface area (Å²) in [4.78, 5) is 0. The zero-order valence-corrected chi connectivity index (χ0v) is 12.0. The number of hydrogen-bond acceptors (Lipinski definition) is 2. The van der Waals surface area contributed by atoms with Gasteiger partial charge in [-0.15, -0.1) is 0 Å². The first-order valence-corrected chi connectivity index (χ1v) is 6.54. The van der Waals surface area contributed by atoms with Gasteiger partial charge in [0.1, 0.15) is 11.6 Å². The molecule has 0 saturated heterocycles. The lowest BCUT2D eigenvalue weighted by atomic mass is 9.82. The topological polar surface area (TPSA) is 9.23 Å². The Balaban J connectivity index is 2.63. The fourth-order valence-corrected chi connectivity index (χ4v) is 2.11. The van der Waals surface area contributed by atoms with E-state index in [0.717, 1.165) is 5.75 Å². The van der Waals surface area contributed by atoms with Gasteiger partial charge in [-0.3, -0.25) is 0 Å². The molecule has 0 spiro atoms. The van der Waals surface area contributed by atoms with E-state index >= 15 is 0 Å². The molecule has 4 heteroatoms. The van der Waals surface area contributed by atoms with Crippen molar-refractivity contribution in [2.45, 2.75) is 20.8 Å². The van der Waals surface area contributed by atoms with Crippen molar-refractivity contribution in [1.82, 2.24) is 0 Å². The molecular weight excluding hydrogens is 259 g/mol. The number of halogens is 2. The Hall–Kier alpha value is -0.410. The predicted molar refractivity (Wildman–Crippen MR) is 73.7 cm³/mol. The highest BCUT2D eigenvalue weighted by atomic mass is 35.5. The number of thiol groups is 1. The van der Waals surface area contributed by atoms with Crippen LogP contribution in [0.2, 0.25) is 5.02 Å². The molecule has 0 fully saturated rings. The van der Waals surface area contributed by atoms with Crippen LogP contribution in [0.3, 0.4) is 0 Å². The summed E-state index contributed by atoms with van der Waals surface area (Å²) >= 11 is 9.92. The maximum Gasteiger partial charge on any atom is 0.145 e. The first kappa shape index (κ1) is 14.7. The van der Waals surface area contributed by atoms with E-state index in [0.29, 0.717) is 18.3 Å². The van der Waals surface area contributed by atoms with Gasteiger partial charge in [0.15, 0.2) is 0 Å². The van der Waals surface area contributed by atoms with Gasteiger partial charge in [0.2, 0.25) is 0 Å². The van der Waals surface area contributed by atoms with E-state index in [-0.39, 0.29) is 10.4 Å². The van der Waals surface area contributed by atoms with Crippen LogP contribution in [0.15, 0.2) is 18.2 Å². The highest BCUT2D eigenvalue weighted by Crippen LogP contribution is 2.28. The second-order valence-electron chi connectivity index (χ2n) is 5.13. The Morgan fingerprint density at radius 3 is 2.53 bits per heavy atom. The molecule has 0 saturated carbocycles. The summed E-state index contributed by atoms with van der Waals surface area (Å²) < 4.78 is 18.8. The highest BCUT2D eigenvalue weighted by Gasteiger charge is 2.23. The van der Waals surface area contributed by atoms with Crippen molar-refractivity contribution in [2.75, 3.05) is 12.4 Å². The van der Waals surface area contributed by atoms with Crippen LogP contribution >= 0.6 is 24.2 Å². The van der Waals surface area contributed by atoms with Crippen molar-refractivity contribution in [3.8, 4) is 5.75 Å². The number of ether oxygens (including phenoxy) is 1. The maximum atomic E-state index is 13.2. The molecule has 1 nitrogen and oxygen atoms in total. The third-order valence-electron chi connectivity index (χ3n) is 2.79. The minimum atomic E-state index is -0.456. The lowest BCUT2D eigenvalue weighted by Crippen LogP contribution is -2.28. The number of hydrogen-bond donors (Lipinski definition) is 1. The molecule has 0 bridgehead atoms. The summed E-state index contributed by atoms with van der Waals surface area (Å²) in [6.07, 6.45) is 0. The van der Waals surface area contributed by atoms with Gasteiger partial charge < -0.3 is 4.74 Å². The molecule has 96 valence electrons. The maximum absolute atomic E-state index is 13.2. The van der Waals surface area contributed by atoms with Crippen molar-refractivity contribution in [3.63, 3.8) is 0 Å². The Bertz CT molecular complexity index is 376. The van der Waals surface area contributed by atoms with Crippen LogP contribution in [0.5, 0.6) is 5.75 Å². The Labute approximate surface area is 113 Å². The molecule has 0 N–H and O–H groups in total. The zero-order chi connectivity index (χ0) is 13.1. The predicted octanol–water partition coefficient (Wildman–Crippen LogP) is 4.45. The van der Waals surface area contributed by atoms with Gasteiger partial charge in [-0.05, 0) is 23.3 Å². The summed E-state index contributed by atoms with van der Waals surface area (Å²) in [5.41, 5.74) is 0.118. The molecule has 0 aliphatic heterocycles. The molecule has 1 atom stereocenters. The number of rotatable bonds is 4. The Kier molecular flexibility index (Phi) is 5.14. The van der Waals surface area contributed by atoms with Crippen molar-refractivity contribution in [3.05, 3.63) is 29.0 Å². The lowest BCUT2D eigenvalue weighted by Gasteiger charge is -2.29. The van der Waals surface area contributed by atoms with Crippen LogP contribution < -0.4 is 4.74 Å². The first-order valence-electron chi connectivity index (χ1n) is 5.53. The molecular formula is C13H18ClFOS. The van der Waals surface area contributed by atoms with Crippen LogP contribution in [0.1, 0.15) is 20.8 Å². The van der Waals surface area contributed by atoms with Gasteiger partial charge >= 0.3 is 0 Å². The van der Waals surface area contributed by atoms with Crippen LogP contribution in [0, 0.1) is 17.2 Å². The molecule has 17 heavy (non-hydrogen) atoms. The molecule has 0 amide bonds. The molecule has 1 rings (SSSR count). The second-order valence-corrected chi connectivity index (χ2v) is 5.90. The quantitative estimate of drug-likeness (QED) is 0.800. The molecule has 0 aliphatic rings. The summed E-state index contributed by atoms with van der Waals surface area (Å²) in [5, 5.41) is 0.110. The Morgan fingerprint density at radius 1 is 1.41 bits per heavy atom. The van der Waals surface area contributed by atoms with E-state index in [4.69, 9.17) is 16.3 Å². The van der Waals surface area contributed by atoms with Crippen molar-refractivity contribution >= 4 is 24.2 Å². The average molecular weight is 277 g/mol. The fraction of sp³-hybridized carbons (Fsp3) is 0.538. The summed E-state index contributed by atoms with van der Waals surface area (Å²) in [7, 11) is 0. The first-order chi connectivity index (χ1) is 7.84. The molecule has 0 heterocycles. The Morgan fingerprint density at radius 2 is 2.06 bits per heavy atom. The minimum Gasteiger partial charge on any atom is -0.493 e. The average Bonchev–Trinajstić information content (AvgIpc) is 2.22. The molecule has 1 unspecified atom stereocenters. The summed E-state index contributed by atoms with van der Waals surface area (Å²) in [5.74, 6) is 1.09. The van der Waals surface area contributed by atoms with Gasteiger partial charge in [-0.25, -0.2) is 4.39 Å². The van der Waals surface area contributed by atoms with Gasteiger partial charge in [-0.2, -0.15) is 12.6 Å². The van der Waals surface area contributed by atoms with Gasteiger partial charge in [0.05, 0.1) is 11.6 Å². The highest BCUT2D eigenvalue weighted by molar-refractivity contribution is 7.80. The summed E-state index contributed by atoms with van der Waals surface area (Å²) in [6.45, 7) is 6.94. The third kappa shape index (κ3) is 4.40. The molecule has 0 aromatic heterocycles. The standard InChI is InChI=1S/C13H18ClFOS/c1-13(2,3)9(8-17)7-16-10-4-5-11(14)12(15)6-10/h4-6,9,17H,7-8H2,1-3H3. The van der Waals surface area contributed by atoms with E-state index in [9.17, 15) is 4.39 Å². The van der Waals surface area contributed by atoms with E-state index in [2.05, 4.69) is 33.4 Å². The van der Waals surface area contributed by atoms with Crippen molar-refractivity contribution in [2.24, 2.45) is 11.3 Å². The van der Waals surface area contributed by atoms with Crippen molar-refractivity contribution in [1.29, 1.82) is 0 Å². The summed E-state index contributed by atoms with van der Waals surface area (Å²) in [6, 6.07) is 4.48. The van der Waals surface area contributed by atoms with E-state index in [1.165, 1.54) is 12.1 Å². The SMILES string of the molecule is CC(C)(C)C(CS)COc1ccc(Cl)c(F)c1. The minimum absolute atomic E-state index is 0.110. The van der Waals surface area contributed by atoms with Crippen LogP contribution in [0.4, 0.5) is 4.39 Å². The van der Waals surface area contributed by atoms with Crippen LogP contribution in [0.25, 0.3) is 0 Å². The second kappa shape index (κ2) is 5.96. The van der Waals surface area contributed by atoms with E-state index < -0.39 is 5.82 Å². The normalized spacial score (nSPS) is 13.5. The molecule has 1 aromatic carbocycles. The van der Waals surface area contributed by atoms with Crippen LogP contribution in [-0.2, 0) is 0 Å². The smallest absolute Gasteiger partial charge is 0.145 e. The number of benzene rings is 1.